The first kappa shape index (κ1) is 17.0. The highest BCUT2D eigenvalue weighted by Crippen LogP contribution is 2.35. The third-order valence-corrected chi connectivity index (χ3v) is 5.19. The van der Waals surface area contributed by atoms with E-state index in [2.05, 4.69) is 12.4 Å². The van der Waals surface area contributed by atoms with Gasteiger partial charge in [-0.25, -0.2) is 4.79 Å². The molecule has 2 fully saturated rings. The maximum absolute atomic E-state index is 12.4. The second kappa shape index (κ2) is 7.03. The SMILES string of the molecule is C[NH+]1CCN(C(=O)N[C@@H]2CC(=O)N(c3ccc4c(c3)OCCO4)C2)CC1. The van der Waals surface area contributed by atoms with Crippen LogP contribution >= 0.6 is 0 Å². The molecule has 3 aliphatic heterocycles. The van der Waals surface area contributed by atoms with Crippen LogP contribution in [-0.4, -0.2) is 75.9 Å². The lowest BCUT2D eigenvalue weighted by Gasteiger charge is -2.31. The normalized spacial score (nSPS) is 23.3. The van der Waals surface area contributed by atoms with Gasteiger partial charge in [0, 0.05) is 24.7 Å². The Labute approximate surface area is 152 Å². The highest BCUT2D eigenvalue weighted by molar-refractivity contribution is 5.97. The molecule has 26 heavy (non-hydrogen) atoms. The predicted octanol–water partition coefficient (Wildman–Crippen LogP) is -0.897. The van der Waals surface area contributed by atoms with Crippen molar-refractivity contribution in [1.82, 2.24) is 10.2 Å². The van der Waals surface area contributed by atoms with Crippen LogP contribution in [0.5, 0.6) is 11.5 Å². The summed E-state index contributed by atoms with van der Waals surface area (Å²) >= 11 is 0. The van der Waals surface area contributed by atoms with Gasteiger partial charge >= 0.3 is 6.03 Å². The van der Waals surface area contributed by atoms with E-state index < -0.39 is 0 Å². The van der Waals surface area contributed by atoms with Crippen molar-refractivity contribution >= 4 is 17.6 Å². The zero-order chi connectivity index (χ0) is 18.1. The average molecular weight is 361 g/mol. The zero-order valence-electron chi connectivity index (χ0n) is 15.0. The summed E-state index contributed by atoms with van der Waals surface area (Å²) in [5, 5.41) is 3.02. The molecular weight excluding hydrogens is 336 g/mol. The van der Waals surface area contributed by atoms with Gasteiger partial charge in [0.05, 0.1) is 39.3 Å². The molecule has 8 heteroatoms. The van der Waals surface area contributed by atoms with Crippen molar-refractivity contribution in [3.8, 4) is 11.5 Å². The second-order valence-electron chi connectivity index (χ2n) is 7.13. The fourth-order valence-electron chi connectivity index (χ4n) is 3.61. The number of amides is 3. The summed E-state index contributed by atoms with van der Waals surface area (Å²) in [6, 6.07) is 5.28. The number of nitrogens with zero attached hydrogens (tertiary/aromatic N) is 2. The van der Waals surface area contributed by atoms with E-state index in [0.29, 0.717) is 37.7 Å². The highest BCUT2D eigenvalue weighted by Gasteiger charge is 2.33. The van der Waals surface area contributed by atoms with Gasteiger partial charge in [0.2, 0.25) is 5.91 Å². The Bertz CT molecular complexity index is 702. The molecular formula is C18H25N4O4+. The maximum atomic E-state index is 12.4. The number of carbonyl (C=O) groups is 2. The van der Waals surface area contributed by atoms with E-state index in [-0.39, 0.29) is 18.0 Å². The molecule has 140 valence electrons. The van der Waals surface area contributed by atoms with E-state index in [1.165, 1.54) is 4.90 Å². The van der Waals surface area contributed by atoms with Crippen LogP contribution in [0.15, 0.2) is 18.2 Å². The lowest BCUT2D eigenvalue weighted by molar-refractivity contribution is -0.883. The molecule has 2 N–H and O–H groups in total. The molecule has 3 aliphatic rings. The molecule has 0 bridgehead atoms. The van der Waals surface area contributed by atoms with Crippen LogP contribution < -0.4 is 24.6 Å². The summed E-state index contributed by atoms with van der Waals surface area (Å²) in [5.41, 5.74) is 0.777. The minimum absolute atomic E-state index is 0.00907. The molecule has 1 aromatic carbocycles. The van der Waals surface area contributed by atoms with Gasteiger partial charge in [-0.05, 0) is 12.1 Å². The number of hydrogen-bond donors (Lipinski definition) is 2. The second-order valence-corrected chi connectivity index (χ2v) is 7.13. The number of ether oxygens (including phenoxy) is 2. The molecule has 4 rings (SSSR count). The molecule has 3 amide bonds. The van der Waals surface area contributed by atoms with Crippen LogP contribution in [0.1, 0.15) is 6.42 Å². The number of carbonyl (C=O) groups excluding carboxylic acids is 2. The Balaban J connectivity index is 1.38. The molecule has 0 saturated carbocycles. The van der Waals surface area contributed by atoms with Crippen molar-refractivity contribution in [2.45, 2.75) is 12.5 Å². The van der Waals surface area contributed by atoms with Crippen LogP contribution in [0.4, 0.5) is 10.5 Å². The smallest absolute Gasteiger partial charge is 0.318 e. The van der Waals surface area contributed by atoms with Crippen molar-refractivity contribution in [2.75, 3.05) is 57.9 Å². The summed E-state index contributed by atoms with van der Waals surface area (Å²) < 4.78 is 11.1. The molecule has 2 saturated heterocycles. The zero-order valence-corrected chi connectivity index (χ0v) is 15.0. The first-order valence-corrected chi connectivity index (χ1v) is 9.17. The summed E-state index contributed by atoms with van der Waals surface area (Å²) in [7, 11) is 2.14. The third kappa shape index (κ3) is 3.41. The summed E-state index contributed by atoms with van der Waals surface area (Å²) in [6.45, 7) is 4.95. The van der Waals surface area contributed by atoms with Crippen LogP contribution in [0.25, 0.3) is 0 Å². The maximum Gasteiger partial charge on any atom is 0.318 e. The first-order valence-electron chi connectivity index (χ1n) is 9.17. The largest absolute Gasteiger partial charge is 0.486 e. The Kier molecular flexibility index (Phi) is 4.58. The number of fused-ring (bicyclic) bond motifs is 1. The number of urea groups is 1. The van der Waals surface area contributed by atoms with E-state index in [9.17, 15) is 9.59 Å². The number of rotatable bonds is 2. The Morgan fingerprint density at radius 3 is 2.69 bits per heavy atom. The highest BCUT2D eigenvalue weighted by atomic mass is 16.6. The number of quaternary nitrogens is 1. The van der Waals surface area contributed by atoms with Crippen molar-refractivity contribution in [1.29, 1.82) is 0 Å². The Morgan fingerprint density at radius 2 is 1.92 bits per heavy atom. The van der Waals surface area contributed by atoms with Crippen molar-refractivity contribution in [2.24, 2.45) is 0 Å². The molecule has 3 heterocycles. The molecule has 0 spiro atoms. The molecule has 8 nitrogen and oxygen atoms in total. The quantitative estimate of drug-likeness (QED) is 0.716. The predicted molar refractivity (Wildman–Crippen MR) is 94.9 cm³/mol. The summed E-state index contributed by atoms with van der Waals surface area (Å²) in [6.07, 6.45) is 0.319. The van der Waals surface area contributed by atoms with Crippen LogP contribution in [-0.2, 0) is 4.79 Å². The van der Waals surface area contributed by atoms with Gasteiger partial charge in [0.1, 0.15) is 13.2 Å². The number of anilines is 1. The lowest BCUT2D eigenvalue weighted by Crippen LogP contribution is -3.12. The van der Waals surface area contributed by atoms with E-state index >= 15 is 0 Å². The van der Waals surface area contributed by atoms with Crippen LogP contribution in [0, 0.1) is 0 Å². The van der Waals surface area contributed by atoms with E-state index in [4.69, 9.17) is 9.47 Å². The molecule has 0 aromatic heterocycles. The van der Waals surface area contributed by atoms with E-state index in [1.807, 2.05) is 23.1 Å². The van der Waals surface area contributed by atoms with Crippen molar-refractivity contribution < 1.29 is 24.0 Å². The minimum atomic E-state index is -0.171. The van der Waals surface area contributed by atoms with E-state index in [1.54, 1.807) is 4.90 Å². The number of benzene rings is 1. The number of nitrogens with one attached hydrogen (secondary N) is 2. The molecule has 1 aromatic rings. The molecule has 0 aliphatic carbocycles. The van der Waals surface area contributed by atoms with Gasteiger partial charge in [-0.15, -0.1) is 0 Å². The third-order valence-electron chi connectivity index (χ3n) is 5.19. The van der Waals surface area contributed by atoms with Crippen LogP contribution in [0.2, 0.25) is 0 Å². The fraction of sp³-hybridized carbons (Fsp3) is 0.556. The molecule has 0 unspecified atom stereocenters. The van der Waals surface area contributed by atoms with Gasteiger partial charge in [-0.3, -0.25) is 4.79 Å². The van der Waals surface area contributed by atoms with Gasteiger partial charge in [-0.1, -0.05) is 0 Å². The van der Waals surface area contributed by atoms with Gasteiger partial charge in [0.25, 0.3) is 0 Å². The average Bonchev–Trinajstić information content (AvgIpc) is 3.02. The number of hydrogen-bond acceptors (Lipinski definition) is 4. The molecule has 0 radical (unpaired) electrons. The number of likely N-dealkylation sites (N-methyl/N-ethyl adjacent to an activating group) is 1. The summed E-state index contributed by atoms with van der Waals surface area (Å²) in [4.78, 5) is 29.9. The monoisotopic (exact) mass is 361 g/mol. The van der Waals surface area contributed by atoms with Crippen molar-refractivity contribution in [3.05, 3.63) is 18.2 Å². The Morgan fingerprint density at radius 1 is 1.19 bits per heavy atom. The van der Waals surface area contributed by atoms with Crippen molar-refractivity contribution in [3.63, 3.8) is 0 Å². The number of piperazine rings is 1. The Hall–Kier alpha value is -2.48. The van der Waals surface area contributed by atoms with Gasteiger partial charge < -0.3 is 29.5 Å². The minimum Gasteiger partial charge on any atom is -0.486 e. The summed E-state index contributed by atoms with van der Waals surface area (Å²) in [5.74, 6) is 1.37. The van der Waals surface area contributed by atoms with Crippen LogP contribution in [0.3, 0.4) is 0 Å². The topological polar surface area (TPSA) is 75.6 Å². The fourth-order valence-corrected chi connectivity index (χ4v) is 3.61. The van der Waals surface area contributed by atoms with Gasteiger partial charge in [0.15, 0.2) is 11.5 Å². The van der Waals surface area contributed by atoms with E-state index in [0.717, 1.165) is 31.9 Å². The molecule has 1 atom stereocenters. The lowest BCUT2D eigenvalue weighted by atomic mass is 10.2. The standard InChI is InChI=1S/C18H24N4O4/c1-20-4-6-21(7-5-20)18(24)19-13-10-17(23)22(12-13)14-2-3-15-16(11-14)26-9-8-25-15/h2-3,11,13H,4-10,12H2,1H3,(H,19,24)/p+1/t13-/m1/s1. The van der Waals surface area contributed by atoms with Gasteiger partial charge in [-0.2, -0.15) is 0 Å². The first-order chi connectivity index (χ1) is 12.6.